The van der Waals surface area contributed by atoms with Gasteiger partial charge in [0.05, 0.1) is 4.90 Å². The average Bonchev–Trinajstić information content (AvgIpc) is 2.88. The van der Waals surface area contributed by atoms with Crippen LogP contribution in [0.15, 0.2) is 35.7 Å². The van der Waals surface area contributed by atoms with Gasteiger partial charge in [0.25, 0.3) is 0 Å². The lowest BCUT2D eigenvalue weighted by Gasteiger charge is -2.37. The Labute approximate surface area is 131 Å². The molecule has 3 rings (SSSR count). The van der Waals surface area contributed by atoms with E-state index >= 15 is 0 Å². The largest absolute Gasteiger partial charge is 0.356 e. The van der Waals surface area contributed by atoms with Crippen LogP contribution in [-0.2, 0) is 14.8 Å². The van der Waals surface area contributed by atoms with Crippen LogP contribution in [0.3, 0.4) is 0 Å². The number of hydrogen-bond acceptors (Lipinski definition) is 3. The second-order valence-electron chi connectivity index (χ2n) is 6.13. The Balaban J connectivity index is 1.74. The zero-order chi connectivity index (χ0) is 15.8. The Kier molecular flexibility index (Phi) is 3.82. The van der Waals surface area contributed by atoms with E-state index in [1.807, 2.05) is 0 Å². The topological polar surface area (TPSA) is 66.5 Å². The van der Waals surface area contributed by atoms with Gasteiger partial charge >= 0.3 is 0 Å². The molecule has 2 fully saturated rings. The van der Waals surface area contributed by atoms with Crippen molar-refractivity contribution in [3.8, 4) is 0 Å². The van der Waals surface area contributed by atoms with E-state index < -0.39 is 10.0 Å². The van der Waals surface area contributed by atoms with Gasteiger partial charge in [-0.25, -0.2) is 8.42 Å². The minimum atomic E-state index is -3.45. The molecule has 0 aliphatic carbocycles. The Hall–Kier alpha value is -1.66. The van der Waals surface area contributed by atoms with Crippen LogP contribution >= 0.6 is 0 Å². The fourth-order valence-corrected chi connectivity index (χ4v) is 4.67. The van der Waals surface area contributed by atoms with Crippen molar-refractivity contribution in [3.05, 3.63) is 36.4 Å². The Morgan fingerprint density at radius 3 is 2.32 bits per heavy atom. The first-order valence-corrected chi connectivity index (χ1v) is 8.89. The van der Waals surface area contributed by atoms with E-state index in [1.54, 1.807) is 30.3 Å². The maximum absolute atomic E-state index is 12.7. The quantitative estimate of drug-likeness (QED) is 0.920. The molecule has 118 valence electrons. The van der Waals surface area contributed by atoms with Crippen LogP contribution in [0.25, 0.3) is 6.08 Å². The van der Waals surface area contributed by atoms with Crippen LogP contribution in [0.5, 0.6) is 0 Å². The van der Waals surface area contributed by atoms with Crippen molar-refractivity contribution in [1.82, 2.24) is 9.62 Å². The molecule has 0 radical (unpaired) electrons. The minimum absolute atomic E-state index is 0.0458. The maximum atomic E-state index is 12.7. The van der Waals surface area contributed by atoms with E-state index in [-0.39, 0.29) is 11.3 Å². The summed E-state index contributed by atoms with van der Waals surface area (Å²) >= 11 is 0. The summed E-state index contributed by atoms with van der Waals surface area (Å²) < 4.78 is 26.9. The molecule has 2 saturated heterocycles. The predicted octanol–water partition coefficient (Wildman–Crippen LogP) is 1.62. The number of rotatable bonds is 3. The molecule has 0 unspecified atom stereocenters. The predicted molar refractivity (Wildman–Crippen MR) is 84.6 cm³/mol. The van der Waals surface area contributed by atoms with E-state index in [0.29, 0.717) is 31.0 Å². The Morgan fingerprint density at radius 1 is 1.18 bits per heavy atom. The number of piperidine rings is 1. The number of amides is 1. The first kappa shape index (κ1) is 15.2. The third kappa shape index (κ3) is 2.68. The smallest absolute Gasteiger partial charge is 0.243 e. The highest BCUT2D eigenvalue weighted by Gasteiger charge is 2.43. The van der Waals surface area contributed by atoms with Crippen LogP contribution in [0, 0.1) is 5.41 Å². The molecule has 0 aromatic heterocycles. The van der Waals surface area contributed by atoms with Crippen molar-refractivity contribution >= 4 is 22.0 Å². The lowest BCUT2D eigenvalue weighted by molar-refractivity contribution is -0.119. The van der Waals surface area contributed by atoms with Gasteiger partial charge < -0.3 is 5.32 Å². The molecule has 6 heteroatoms. The summed E-state index contributed by atoms with van der Waals surface area (Å²) in [6.45, 7) is 5.29. The highest BCUT2D eigenvalue weighted by molar-refractivity contribution is 7.89. The molecular formula is C16H20N2O3S. The van der Waals surface area contributed by atoms with Gasteiger partial charge in [0, 0.05) is 26.1 Å². The van der Waals surface area contributed by atoms with Gasteiger partial charge in [0.1, 0.15) is 0 Å². The van der Waals surface area contributed by atoms with Crippen LogP contribution in [0.1, 0.15) is 24.8 Å². The second-order valence-corrected chi connectivity index (χ2v) is 8.07. The maximum Gasteiger partial charge on any atom is 0.243 e. The van der Waals surface area contributed by atoms with Gasteiger partial charge in [0.2, 0.25) is 15.9 Å². The number of carbonyl (C=O) groups is 1. The molecule has 2 aliphatic rings. The molecule has 0 saturated carbocycles. The minimum Gasteiger partial charge on any atom is -0.356 e. The fraction of sp³-hybridized carbons (Fsp3) is 0.438. The normalized spacial score (nSPS) is 21.7. The number of sulfonamides is 1. The van der Waals surface area contributed by atoms with E-state index in [9.17, 15) is 13.2 Å². The molecule has 1 N–H and O–H groups in total. The number of benzene rings is 1. The summed E-state index contributed by atoms with van der Waals surface area (Å²) in [5.74, 6) is 0.0799. The Morgan fingerprint density at radius 2 is 1.82 bits per heavy atom. The third-order valence-corrected chi connectivity index (χ3v) is 6.65. The molecule has 5 nitrogen and oxygen atoms in total. The number of hydrogen-bond donors (Lipinski definition) is 1. The van der Waals surface area contributed by atoms with Gasteiger partial charge in [-0.05, 0) is 36.0 Å². The third-order valence-electron chi connectivity index (χ3n) is 4.73. The van der Waals surface area contributed by atoms with Crippen molar-refractivity contribution in [2.75, 3.05) is 19.6 Å². The molecule has 1 aromatic carbocycles. The molecule has 1 amide bonds. The summed E-state index contributed by atoms with van der Waals surface area (Å²) in [7, 11) is -3.45. The van der Waals surface area contributed by atoms with E-state index in [0.717, 1.165) is 18.4 Å². The van der Waals surface area contributed by atoms with Gasteiger partial charge in [0.15, 0.2) is 0 Å². The molecule has 0 atom stereocenters. The SMILES string of the molecule is C=Cc1ccc(S(=O)(=O)N2CCC3(CC2)CNC(=O)C3)cc1. The highest BCUT2D eigenvalue weighted by atomic mass is 32.2. The van der Waals surface area contributed by atoms with E-state index in [2.05, 4.69) is 11.9 Å². The van der Waals surface area contributed by atoms with Crippen LogP contribution in [-0.4, -0.2) is 38.3 Å². The van der Waals surface area contributed by atoms with Gasteiger partial charge in [-0.3, -0.25) is 4.79 Å². The summed E-state index contributed by atoms with van der Waals surface area (Å²) in [6.07, 6.45) is 3.67. The van der Waals surface area contributed by atoms with Crippen molar-refractivity contribution in [2.45, 2.75) is 24.2 Å². The van der Waals surface area contributed by atoms with Crippen molar-refractivity contribution < 1.29 is 13.2 Å². The first-order chi connectivity index (χ1) is 10.5. The van der Waals surface area contributed by atoms with Crippen molar-refractivity contribution in [1.29, 1.82) is 0 Å². The lowest BCUT2D eigenvalue weighted by Crippen LogP contribution is -2.43. The molecule has 2 aliphatic heterocycles. The van der Waals surface area contributed by atoms with Gasteiger partial charge in [-0.2, -0.15) is 4.31 Å². The average molecular weight is 320 g/mol. The zero-order valence-corrected chi connectivity index (χ0v) is 13.2. The standard InChI is InChI=1S/C16H20N2O3S/c1-2-13-3-5-14(6-4-13)22(20,21)18-9-7-16(8-10-18)11-15(19)17-12-16/h2-6H,1,7-12H2,(H,17,19). The summed E-state index contributed by atoms with van der Waals surface area (Å²) in [5.41, 5.74) is 0.850. The van der Waals surface area contributed by atoms with Crippen LogP contribution in [0.4, 0.5) is 0 Å². The van der Waals surface area contributed by atoms with Crippen LogP contribution < -0.4 is 5.32 Å². The van der Waals surface area contributed by atoms with Crippen molar-refractivity contribution in [2.24, 2.45) is 5.41 Å². The summed E-state index contributed by atoms with van der Waals surface area (Å²) in [5, 5.41) is 2.86. The number of nitrogens with one attached hydrogen (secondary N) is 1. The zero-order valence-electron chi connectivity index (χ0n) is 12.4. The van der Waals surface area contributed by atoms with Gasteiger partial charge in [-0.15, -0.1) is 0 Å². The molecule has 2 heterocycles. The molecule has 1 aromatic rings. The van der Waals surface area contributed by atoms with E-state index in [1.165, 1.54) is 4.31 Å². The second kappa shape index (κ2) is 5.52. The summed E-state index contributed by atoms with van der Waals surface area (Å²) in [6, 6.07) is 6.75. The van der Waals surface area contributed by atoms with Crippen molar-refractivity contribution in [3.63, 3.8) is 0 Å². The highest BCUT2D eigenvalue weighted by Crippen LogP contribution is 2.38. The molecule has 0 bridgehead atoms. The number of carbonyl (C=O) groups excluding carboxylic acids is 1. The summed E-state index contributed by atoms with van der Waals surface area (Å²) in [4.78, 5) is 11.7. The van der Waals surface area contributed by atoms with Gasteiger partial charge in [-0.1, -0.05) is 24.8 Å². The molecular weight excluding hydrogens is 300 g/mol. The first-order valence-electron chi connectivity index (χ1n) is 7.45. The Bertz CT molecular complexity index is 687. The molecule has 22 heavy (non-hydrogen) atoms. The fourth-order valence-electron chi connectivity index (χ4n) is 3.23. The number of nitrogens with zero attached hydrogens (tertiary/aromatic N) is 1. The van der Waals surface area contributed by atoms with E-state index in [4.69, 9.17) is 0 Å². The van der Waals surface area contributed by atoms with Crippen LogP contribution in [0.2, 0.25) is 0 Å². The monoisotopic (exact) mass is 320 g/mol. The lowest BCUT2D eigenvalue weighted by atomic mass is 9.78. The molecule has 1 spiro atoms.